The Morgan fingerprint density at radius 3 is 2.52 bits per heavy atom. The van der Waals surface area contributed by atoms with Crippen molar-refractivity contribution in [3.63, 3.8) is 0 Å². The molecule has 0 radical (unpaired) electrons. The van der Waals surface area contributed by atoms with Gasteiger partial charge in [-0.05, 0) is 80.8 Å². The molecule has 1 aliphatic heterocycles. The molecule has 5 rings (SSSR count). The van der Waals surface area contributed by atoms with E-state index < -0.39 is 16.3 Å². The van der Waals surface area contributed by atoms with E-state index >= 15 is 0 Å². The summed E-state index contributed by atoms with van der Waals surface area (Å²) in [5.74, 6) is 0. The van der Waals surface area contributed by atoms with Gasteiger partial charge in [-0.25, -0.2) is 0 Å². The highest BCUT2D eigenvalue weighted by Crippen LogP contribution is 2.45. The van der Waals surface area contributed by atoms with E-state index in [-0.39, 0.29) is 35.8 Å². The van der Waals surface area contributed by atoms with Crippen LogP contribution >= 0.6 is 24.8 Å². The molecule has 1 spiro atoms. The summed E-state index contributed by atoms with van der Waals surface area (Å²) in [6, 6.07) is 19.8. The fourth-order valence-corrected chi connectivity index (χ4v) is 7.37. The van der Waals surface area contributed by atoms with Crippen LogP contribution in [0.15, 0.2) is 73.1 Å². The third-order valence-corrected chi connectivity index (χ3v) is 9.52. The zero-order valence-corrected chi connectivity index (χ0v) is 25.5. The van der Waals surface area contributed by atoms with Gasteiger partial charge in [0.2, 0.25) is 0 Å². The van der Waals surface area contributed by atoms with Crippen molar-refractivity contribution in [2.45, 2.75) is 63.0 Å². The molecule has 40 heavy (non-hydrogen) atoms. The van der Waals surface area contributed by atoms with Crippen LogP contribution in [0.2, 0.25) is 0 Å². The van der Waals surface area contributed by atoms with Gasteiger partial charge in [0, 0.05) is 54.2 Å². The van der Waals surface area contributed by atoms with Gasteiger partial charge < -0.3 is 10.4 Å². The molecule has 0 saturated carbocycles. The van der Waals surface area contributed by atoms with E-state index in [0.29, 0.717) is 25.3 Å². The van der Waals surface area contributed by atoms with E-state index in [4.69, 9.17) is 0 Å². The summed E-state index contributed by atoms with van der Waals surface area (Å²) in [6.45, 7) is 5.67. The van der Waals surface area contributed by atoms with Crippen molar-refractivity contribution in [1.82, 2.24) is 14.6 Å². The second kappa shape index (κ2) is 13.2. The van der Waals surface area contributed by atoms with Crippen molar-refractivity contribution < 1.29 is 13.5 Å². The number of hydrogen-bond acceptors (Lipinski definition) is 5. The van der Waals surface area contributed by atoms with E-state index in [9.17, 15) is 13.5 Å². The number of aliphatic hydroxyl groups excluding tert-OH is 1. The number of aliphatic hydroxyl groups is 1. The standard InChI is InChI=1S/C30H38N4O3S.2ClH/c1-29(2,32-21-28(35)25-8-5-17-31-20-25)19-23-10-12-26(13-11-23)33-38(36,37)34-18-6-15-30(22-34)16-14-24-7-3-4-9-27(24)30;;/h3-5,7-13,17,20,28,32-33,35H,6,14-16,18-19,21-22H2,1-2H3;2*1H/t28-,30?;;/m0../s1. The summed E-state index contributed by atoms with van der Waals surface area (Å²) in [4.78, 5) is 4.07. The van der Waals surface area contributed by atoms with Crippen molar-refractivity contribution in [3.8, 4) is 0 Å². The van der Waals surface area contributed by atoms with E-state index in [2.05, 4.69) is 53.1 Å². The number of aromatic nitrogens is 1. The number of anilines is 1. The third kappa shape index (κ3) is 7.35. The van der Waals surface area contributed by atoms with Crippen LogP contribution in [0.25, 0.3) is 0 Å². The van der Waals surface area contributed by atoms with Crippen LogP contribution in [0.1, 0.15) is 61.5 Å². The van der Waals surface area contributed by atoms with Gasteiger partial charge in [-0.2, -0.15) is 12.7 Å². The highest BCUT2D eigenvalue weighted by atomic mass is 35.5. The molecule has 3 N–H and O–H groups in total. The number of fused-ring (bicyclic) bond motifs is 2. The lowest BCUT2D eigenvalue weighted by Crippen LogP contribution is -2.49. The van der Waals surface area contributed by atoms with Crippen LogP contribution in [0.5, 0.6) is 0 Å². The Balaban J connectivity index is 0.00000220. The monoisotopic (exact) mass is 606 g/mol. The number of aryl methyl sites for hydroxylation is 1. The minimum atomic E-state index is -3.66. The van der Waals surface area contributed by atoms with Gasteiger partial charge in [-0.15, -0.1) is 24.8 Å². The first-order chi connectivity index (χ1) is 18.2. The van der Waals surface area contributed by atoms with E-state index in [0.717, 1.165) is 43.2 Å². The molecule has 10 heteroatoms. The molecule has 2 aromatic carbocycles. The first-order valence-corrected chi connectivity index (χ1v) is 14.9. The van der Waals surface area contributed by atoms with Crippen LogP contribution in [0.3, 0.4) is 0 Å². The van der Waals surface area contributed by atoms with Gasteiger partial charge in [-0.3, -0.25) is 9.71 Å². The lowest BCUT2D eigenvalue weighted by molar-refractivity contribution is 0.160. The number of rotatable bonds is 9. The third-order valence-electron chi connectivity index (χ3n) is 8.03. The number of nitrogens with one attached hydrogen (secondary N) is 2. The SMILES string of the molecule is CC(C)(Cc1ccc(NS(=O)(=O)N2CCCC3(CCc4ccccc43)C2)cc1)NC[C@H](O)c1cccnc1.Cl.Cl. The van der Waals surface area contributed by atoms with Crippen molar-refractivity contribution in [2.24, 2.45) is 0 Å². The van der Waals surface area contributed by atoms with Crippen LogP contribution in [0.4, 0.5) is 5.69 Å². The molecule has 2 atom stereocenters. The summed E-state index contributed by atoms with van der Waals surface area (Å²) < 4.78 is 31.2. The summed E-state index contributed by atoms with van der Waals surface area (Å²) >= 11 is 0. The molecule has 0 amide bonds. The zero-order chi connectivity index (χ0) is 26.8. The van der Waals surface area contributed by atoms with Crippen molar-refractivity contribution in [3.05, 3.63) is 95.3 Å². The fourth-order valence-electron chi connectivity index (χ4n) is 6.02. The van der Waals surface area contributed by atoms with Gasteiger partial charge in [0.05, 0.1) is 6.10 Å². The highest BCUT2D eigenvalue weighted by Gasteiger charge is 2.44. The van der Waals surface area contributed by atoms with E-state index in [1.165, 1.54) is 11.1 Å². The van der Waals surface area contributed by atoms with Gasteiger partial charge in [0.25, 0.3) is 0 Å². The smallest absolute Gasteiger partial charge is 0.301 e. The quantitative estimate of drug-likeness (QED) is 0.311. The van der Waals surface area contributed by atoms with E-state index in [1.807, 2.05) is 36.4 Å². The highest BCUT2D eigenvalue weighted by molar-refractivity contribution is 7.90. The van der Waals surface area contributed by atoms with Crippen LogP contribution in [-0.2, 0) is 28.5 Å². The summed E-state index contributed by atoms with van der Waals surface area (Å²) in [5.41, 5.74) is 4.79. The van der Waals surface area contributed by atoms with Crippen molar-refractivity contribution in [1.29, 1.82) is 0 Å². The Morgan fingerprint density at radius 1 is 1.05 bits per heavy atom. The number of pyridine rings is 1. The first-order valence-electron chi connectivity index (χ1n) is 13.4. The Bertz CT molecular complexity index is 1350. The Hall–Kier alpha value is -2.20. The van der Waals surface area contributed by atoms with Gasteiger partial charge in [0.1, 0.15) is 0 Å². The lowest BCUT2D eigenvalue weighted by Gasteiger charge is -2.40. The van der Waals surface area contributed by atoms with E-state index in [1.54, 1.807) is 16.7 Å². The molecule has 1 saturated heterocycles. The number of piperidine rings is 1. The molecule has 1 aliphatic carbocycles. The zero-order valence-electron chi connectivity index (χ0n) is 23.0. The second-order valence-electron chi connectivity index (χ2n) is 11.4. The molecule has 3 aromatic rings. The lowest BCUT2D eigenvalue weighted by atomic mass is 9.76. The van der Waals surface area contributed by atoms with Crippen LogP contribution < -0.4 is 10.0 Å². The average molecular weight is 608 g/mol. The molecular weight excluding hydrogens is 567 g/mol. The number of nitrogens with zero attached hydrogens (tertiary/aromatic N) is 2. The van der Waals surface area contributed by atoms with Crippen molar-refractivity contribution in [2.75, 3.05) is 24.4 Å². The van der Waals surface area contributed by atoms with Crippen LogP contribution in [-0.4, -0.2) is 48.0 Å². The largest absolute Gasteiger partial charge is 0.387 e. The molecule has 0 bridgehead atoms. The summed E-state index contributed by atoms with van der Waals surface area (Å²) in [5, 5.41) is 13.9. The maximum absolute atomic E-state index is 13.4. The molecule has 218 valence electrons. The fraction of sp³-hybridized carbons (Fsp3) is 0.433. The van der Waals surface area contributed by atoms with Gasteiger partial charge in [0.15, 0.2) is 0 Å². The Morgan fingerprint density at radius 2 is 1.80 bits per heavy atom. The summed E-state index contributed by atoms with van der Waals surface area (Å²) in [6.07, 6.45) is 7.40. The first kappa shape index (κ1) is 32.3. The molecule has 2 heterocycles. The Labute approximate surface area is 250 Å². The molecular formula is C30H40Cl2N4O3S. The molecule has 2 aliphatic rings. The number of benzene rings is 2. The Kier molecular flexibility index (Phi) is 10.7. The predicted molar refractivity (Wildman–Crippen MR) is 166 cm³/mol. The van der Waals surface area contributed by atoms with Crippen LogP contribution in [0, 0.1) is 0 Å². The molecule has 1 unspecified atom stereocenters. The minimum absolute atomic E-state index is 0. The minimum Gasteiger partial charge on any atom is -0.387 e. The summed E-state index contributed by atoms with van der Waals surface area (Å²) in [7, 11) is -3.66. The van der Waals surface area contributed by atoms with Gasteiger partial charge in [-0.1, -0.05) is 42.5 Å². The van der Waals surface area contributed by atoms with Gasteiger partial charge >= 0.3 is 10.2 Å². The molecule has 1 fully saturated rings. The molecule has 1 aromatic heterocycles. The number of halogens is 2. The number of β-amino-alcohol motifs (C(OH)–C–C–N with tert-alkyl or cyclic N) is 1. The topological polar surface area (TPSA) is 94.6 Å². The second-order valence-corrected chi connectivity index (χ2v) is 13.1. The van der Waals surface area contributed by atoms with Crippen molar-refractivity contribution >= 4 is 40.7 Å². The maximum Gasteiger partial charge on any atom is 0.301 e. The maximum atomic E-state index is 13.4. The predicted octanol–water partition coefficient (Wildman–Crippen LogP) is 5.21. The average Bonchev–Trinajstić information content (AvgIpc) is 3.26. The number of hydrogen-bond donors (Lipinski definition) is 3. The molecule has 7 nitrogen and oxygen atoms in total. The normalized spacial score (nSPS) is 19.8.